The molecule has 6 nitrogen and oxygen atoms in total. The molecule has 1 saturated carbocycles. The predicted octanol–water partition coefficient (Wildman–Crippen LogP) is 3.12. The number of hydrogen-bond acceptors (Lipinski definition) is 5. The minimum atomic E-state index is -0.267. The van der Waals surface area contributed by atoms with Crippen LogP contribution >= 0.6 is 0 Å². The smallest absolute Gasteiger partial charge is 0.224 e. The van der Waals surface area contributed by atoms with Crippen LogP contribution in [0.25, 0.3) is 0 Å². The summed E-state index contributed by atoms with van der Waals surface area (Å²) in [5, 5.41) is 6.55. The molecule has 0 N–H and O–H groups in total. The van der Waals surface area contributed by atoms with Crippen molar-refractivity contribution in [2.24, 2.45) is 5.10 Å². The van der Waals surface area contributed by atoms with Crippen molar-refractivity contribution in [2.75, 3.05) is 33.7 Å². The third-order valence-electron chi connectivity index (χ3n) is 6.72. The molecule has 29 heavy (non-hydrogen) atoms. The molecule has 3 aliphatic rings. The fourth-order valence-electron chi connectivity index (χ4n) is 4.87. The van der Waals surface area contributed by atoms with Crippen LogP contribution in [0.5, 0.6) is 5.75 Å². The molecule has 1 fully saturated rings. The number of para-hydroxylation sites is 1. The number of nitrogens with zero attached hydrogens (tertiary/aromatic N) is 4. The summed E-state index contributed by atoms with van der Waals surface area (Å²) < 4.78 is 6.64. The third kappa shape index (κ3) is 4.58. The molecular weight excluding hydrogens is 364 g/mol. The van der Waals surface area contributed by atoms with Crippen molar-refractivity contribution < 1.29 is 9.53 Å². The highest BCUT2D eigenvalue weighted by Gasteiger charge is 2.42. The number of rotatable bonds is 4. The molecule has 1 amide bonds. The van der Waals surface area contributed by atoms with Crippen molar-refractivity contribution in [3.05, 3.63) is 29.8 Å². The van der Waals surface area contributed by atoms with Crippen LogP contribution in [0.2, 0.25) is 0 Å². The second-order valence-electron chi connectivity index (χ2n) is 9.13. The first-order valence-electron chi connectivity index (χ1n) is 10.9. The minimum Gasteiger partial charge on any atom is -0.485 e. The molecule has 0 bridgehead atoms. The summed E-state index contributed by atoms with van der Waals surface area (Å²) in [6.45, 7) is 5.00. The van der Waals surface area contributed by atoms with Crippen LogP contribution in [0.3, 0.4) is 0 Å². The van der Waals surface area contributed by atoms with Crippen LogP contribution in [0.15, 0.2) is 29.4 Å². The van der Waals surface area contributed by atoms with Crippen molar-refractivity contribution in [3.8, 4) is 5.75 Å². The summed E-state index contributed by atoms with van der Waals surface area (Å²) in [4.78, 5) is 17.5. The monoisotopic (exact) mass is 398 g/mol. The van der Waals surface area contributed by atoms with Gasteiger partial charge in [-0.15, -0.1) is 0 Å². The van der Waals surface area contributed by atoms with Gasteiger partial charge in [-0.2, -0.15) is 5.10 Å². The van der Waals surface area contributed by atoms with E-state index in [1.165, 1.54) is 0 Å². The van der Waals surface area contributed by atoms with Crippen LogP contribution in [0.4, 0.5) is 0 Å². The van der Waals surface area contributed by atoms with Gasteiger partial charge in [0.15, 0.2) is 0 Å². The average molecular weight is 399 g/mol. The zero-order valence-corrected chi connectivity index (χ0v) is 18.1. The number of hydrogen-bond donors (Lipinski definition) is 0. The van der Waals surface area contributed by atoms with Crippen LogP contribution in [-0.2, 0) is 11.3 Å². The molecule has 0 aromatic heterocycles. The number of fused-ring (bicyclic) bond motifs is 1. The van der Waals surface area contributed by atoms with Crippen molar-refractivity contribution in [3.63, 3.8) is 0 Å². The highest BCUT2D eigenvalue weighted by Crippen LogP contribution is 2.39. The highest BCUT2D eigenvalue weighted by atomic mass is 16.5. The van der Waals surface area contributed by atoms with E-state index in [9.17, 15) is 4.79 Å². The molecule has 4 rings (SSSR count). The van der Waals surface area contributed by atoms with E-state index in [0.29, 0.717) is 32.1 Å². The Morgan fingerprint density at radius 2 is 2.03 bits per heavy atom. The summed E-state index contributed by atoms with van der Waals surface area (Å²) in [6.07, 6.45) is 5.72. The van der Waals surface area contributed by atoms with Gasteiger partial charge in [0.05, 0.1) is 6.54 Å². The van der Waals surface area contributed by atoms with Gasteiger partial charge >= 0.3 is 0 Å². The molecule has 0 unspecified atom stereocenters. The Hall–Kier alpha value is -2.08. The van der Waals surface area contributed by atoms with E-state index < -0.39 is 0 Å². The maximum atomic E-state index is 13.2. The largest absolute Gasteiger partial charge is 0.485 e. The van der Waals surface area contributed by atoms with E-state index in [-0.39, 0.29) is 11.5 Å². The Kier molecular flexibility index (Phi) is 5.81. The lowest BCUT2D eigenvalue weighted by atomic mass is 9.81. The molecule has 2 heterocycles. The SMILES string of the molecule is CC1=NN(CCC(=O)N2Cc3ccccc3OC3(CCC(N(C)C)CC3)C2)CC1. The van der Waals surface area contributed by atoms with Gasteiger partial charge in [0.25, 0.3) is 0 Å². The first kappa shape index (κ1) is 20.2. The number of carbonyl (C=O) groups is 1. The molecule has 0 saturated heterocycles. The van der Waals surface area contributed by atoms with E-state index in [4.69, 9.17) is 4.74 Å². The summed E-state index contributed by atoms with van der Waals surface area (Å²) in [7, 11) is 4.31. The predicted molar refractivity (Wildman–Crippen MR) is 115 cm³/mol. The fourth-order valence-corrected chi connectivity index (χ4v) is 4.87. The second kappa shape index (κ2) is 8.34. The van der Waals surface area contributed by atoms with Crippen molar-refractivity contribution in [1.29, 1.82) is 0 Å². The Morgan fingerprint density at radius 1 is 1.28 bits per heavy atom. The van der Waals surface area contributed by atoms with E-state index in [0.717, 1.165) is 55.7 Å². The van der Waals surface area contributed by atoms with Crippen molar-refractivity contribution in [2.45, 2.75) is 63.6 Å². The van der Waals surface area contributed by atoms with Gasteiger partial charge in [-0.05, 0) is 52.8 Å². The van der Waals surface area contributed by atoms with Crippen molar-refractivity contribution in [1.82, 2.24) is 14.8 Å². The van der Waals surface area contributed by atoms with Gasteiger partial charge in [0, 0.05) is 49.8 Å². The van der Waals surface area contributed by atoms with Crippen LogP contribution in [0, 0.1) is 0 Å². The van der Waals surface area contributed by atoms with Crippen LogP contribution < -0.4 is 4.74 Å². The van der Waals surface area contributed by atoms with Gasteiger partial charge in [0.2, 0.25) is 5.91 Å². The maximum absolute atomic E-state index is 13.2. The molecule has 0 atom stereocenters. The summed E-state index contributed by atoms with van der Waals surface area (Å²) in [6, 6.07) is 8.82. The van der Waals surface area contributed by atoms with Gasteiger partial charge < -0.3 is 14.5 Å². The fraction of sp³-hybridized carbons (Fsp3) is 0.652. The summed E-state index contributed by atoms with van der Waals surface area (Å²) >= 11 is 0. The van der Waals surface area contributed by atoms with E-state index in [1.807, 2.05) is 22.0 Å². The normalized spacial score (nSPS) is 26.9. The standard InChI is InChI=1S/C23H34N4O2/c1-18-10-14-27(24-18)15-11-22(28)26-16-19-6-4-5-7-21(19)29-23(17-26)12-8-20(9-13-23)25(2)3/h4-7,20H,8-17H2,1-3H3. The van der Waals surface area contributed by atoms with Crippen LogP contribution in [0.1, 0.15) is 51.0 Å². The quantitative estimate of drug-likeness (QED) is 0.782. The third-order valence-corrected chi connectivity index (χ3v) is 6.72. The average Bonchev–Trinajstić information content (AvgIpc) is 3.05. The number of hydrazone groups is 1. The first-order chi connectivity index (χ1) is 13.9. The lowest BCUT2D eigenvalue weighted by molar-refractivity contribution is -0.135. The Morgan fingerprint density at radius 3 is 2.72 bits per heavy atom. The molecule has 0 radical (unpaired) electrons. The van der Waals surface area contributed by atoms with E-state index in [1.54, 1.807) is 0 Å². The Labute approximate surface area is 174 Å². The topological polar surface area (TPSA) is 48.4 Å². The second-order valence-corrected chi connectivity index (χ2v) is 9.13. The molecular formula is C23H34N4O2. The zero-order valence-electron chi connectivity index (χ0n) is 18.1. The molecule has 158 valence electrons. The van der Waals surface area contributed by atoms with E-state index in [2.05, 4.69) is 43.2 Å². The molecule has 1 aromatic rings. The molecule has 6 heteroatoms. The van der Waals surface area contributed by atoms with Crippen LogP contribution in [-0.4, -0.2) is 71.8 Å². The van der Waals surface area contributed by atoms with Crippen molar-refractivity contribution >= 4 is 11.6 Å². The summed E-state index contributed by atoms with van der Waals surface area (Å²) in [5.41, 5.74) is 2.01. The van der Waals surface area contributed by atoms with Gasteiger partial charge in [-0.1, -0.05) is 18.2 Å². The number of carbonyl (C=O) groups excluding carboxylic acids is 1. The molecule has 1 aliphatic carbocycles. The zero-order chi connectivity index (χ0) is 20.4. The lowest BCUT2D eigenvalue weighted by Crippen LogP contribution is -2.51. The van der Waals surface area contributed by atoms with Gasteiger partial charge in [0.1, 0.15) is 11.4 Å². The van der Waals surface area contributed by atoms with E-state index >= 15 is 0 Å². The number of ether oxygens (including phenoxy) is 1. The number of amides is 1. The molecule has 2 aliphatic heterocycles. The van der Waals surface area contributed by atoms with Gasteiger partial charge in [-0.25, -0.2) is 0 Å². The molecule has 1 aromatic carbocycles. The minimum absolute atomic E-state index is 0.208. The Bertz CT molecular complexity index is 768. The molecule has 1 spiro atoms. The Balaban J connectivity index is 1.49. The summed E-state index contributed by atoms with van der Waals surface area (Å²) in [5.74, 6) is 1.16. The van der Waals surface area contributed by atoms with Gasteiger partial charge in [-0.3, -0.25) is 9.80 Å². The lowest BCUT2D eigenvalue weighted by Gasteiger charge is -2.43. The number of benzene rings is 1. The highest BCUT2D eigenvalue weighted by molar-refractivity contribution is 5.83. The first-order valence-corrected chi connectivity index (χ1v) is 10.9. The maximum Gasteiger partial charge on any atom is 0.224 e.